The summed E-state index contributed by atoms with van der Waals surface area (Å²) < 4.78 is 0.636. The molecule has 1 aromatic carbocycles. The number of nitrogens with zero attached hydrogens (tertiary/aromatic N) is 1. The zero-order chi connectivity index (χ0) is 14.2. The molecule has 0 aliphatic rings. The van der Waals surface area contributed by atoms with E-state index < -0.39 is 0 Å². The molecule has 0 saturated carbocycles. The Kier molecular flexibility index (Phi) is 3.59. The van der Waals surface area contributed by atoms with Crippen LogP contribution in [0.5, 0.6) is 0 Å². The minimum Gasteiger partial charge on any atom is -0.343 e. The first-order chi connectivity index (χ1) is 8.77. The second kappa shape index (κ2) is 4.89. The van der Waals surface area contributed by atoms with E-state index in [1.165, 1.54) is 11.1 Å². The number of nitrogens with one attached hydrogen (secondary N) is 1. The highest BCUT2D eigenvalue weighted by Gasteiger charge is 2.17. The third-order valence-corrected chi connectivity index (χ3v) is 3.48. The van der Waals surface area contributed by atoms with Crippen LogP contribution in [0.2, 0.25) is 0 Å². The van der Waals surface area contributed by atoms with Crippen molar-refractivity contribution in [2.45, 2.75) is 40.0 Å². The summed E-state index contributed by atoms with van der Waals surface area (Å²) in [5.41, 5.74) is 4.73. The maximum atomic E-state index is 5.28. The first-order valence-electron chi connectivity index (χ1n) is 6.47. The summed E-state index contributed by atoms with van der Waals surface area (Å²) >= 11 is 5.28. The summed E-state index contributed by atoms with van der Waals surface area (Å²) in [6, 6.07) is 8.37. The van der Waals surface area contributed by atoms with Gasteiger partial charge in [-0.2, -0.15) is 0 Å². The van der Waals surface area contributed by atoms with Gasteiger partial charge >= 0.3 is 0 Å². The molecule has 0 unspecified atom stereocenters. The van der Waals surface area contributed by atoms with Crippen molar-refractivity contribution >= 4 is 12.2 Å². The van der Waals surface area contributed by atoms with Gasteiger partial charge in [0, 0.05) is 11.1 Å². The second-order valence-corrected chi connectivity index (χ2v) is 6.45. The second-order valence-electron chi connectivity index (χ2n) is 6.03. The van der Waals surface area contributed by atoms with Gasteiger partial charge in [-0.3, -0.25) is 0 Å². The van der Waals surface area contributed by atoms with E-state index in [9.17, 15) is 0 Å². The fourth-order valence-electron chi connectivity index (χ4n) is 1.88. The maximum absolute atomic E-state index is 5.28. The van der Waals surface area contributed by atoms with Crippen LogP contribution >= 0.6 is 12.2 Å². The maximum Gasteiger partial charge on any atom is 0.130 e. The highest BCUT2D eigenvalue weighted by molar-refractivity contribution is 7.71. The molecule has 1 aromatic heterocycles. The van der Waals surface area contributed by atoms with Gasteiger partial charge in [-0.1, -0.05) is 45.1 Å². The van der Waals surface area contributed by atoms with Crippen LogP contribution in [0.3, 0.4) is 0 Å². The first kappa shape index (κ1) is 13.9. The topological polar surface area (TPSA) is 28.7 Å². The molecule has 0 amide bonds. The van der Waals surface area contributed by atoms with Crippen molar-refractivity contribution < 1.29 is 0 Å². The Labute approximate surface area is 119 Å². The molecule has 2 rings (SSSR count). The van der Waals surface area contributed by atoms with Crippen LogP contribution < -0.4 is 0 Å². The number of rotatable bonds is 1. The number of hydrogen-bond donors (Lipinski definition) is 1. The van der Waals surface area contributed by atoms with Gasteiger partial charge in [0.2, 0.25) is 0 Å². The Hall–Kier alpha value is -1.48. The molecule has 0 bridgehead atoms. The molecule has 2 aromatic rings. The zero-order valence-electron chi connectivity index (χ0n) is 12.2. The van der Waals surface area contributed by atoms with E-state index in [2.05, 4.69) is 62.8 Å². The highest BCUT2D eigenvalue weighted by atomic mass is 32.1. The quantitative estimate of drug-likeness (QED) is 0.761. The summed E-state index contributed by atoms with van der Waals surface area (Å²) in [5, 5.41) is 0. The Morgan fingerprint density at radius 2 is 1.74 bits per heavy atom. The number of aromatic nitrogens is 2. The number of aromatic amines is 1. The molecule has 19 heavy (non-hydrogen) atoms. The number of aryl methyl sites for hydroxylation is 2. The van der Waals surface area contributed by atoms with Crippen LogP contribution in [0.25, 0.3) is 11.3 Å². The summed E-state index contributed by atoms with van der Waals surface area (Å²) in [5.74, 6) is 0.924. The van der Waals surface area contributed by atoms with Gasteiger partial charge < -0.3 is 4.98 Å². The molecule has 0 aliphatic carbocycles. The van der Waals surface area contributed by atoms with Crippen LogP contribution in [0.15, 0.2) is 24.3 Å². The monoisotopic (exact) mass is 272 g/mol. The lowest BCUT2D eigenvalue weighted by molar-refractivity contribution is 0.545. The molecule has 0 fully saturated rings. The highest BCUT2D eigenvalue weighted by Crippen LogP contribution is 2.24. The van der Waals surface area contributed by atoms with Crippen LogP contribution in [0.1, 0.15) is 37.7 Å². The van der Waals surface area contributed by atoms with Crippen molar-refractivity contribution in [3.05, 3.63) is 45.9 Å². The van der Waals surface area contributed by atoms with E-state index in [1.807, 2.05) is 6.07 Å². The molecule has 0 saturated heterocycles. The molecule has 1 N–H and O–H groups in total. The fraction of sp³-hybridized carbons (Fsp3) is 0.375. The van der Waals surface area contributed by atoms with Gasteiger partial charge in [0.25, 0.3) is 0 Å². The summed E-state index contributed by atoms with van der Waals surface area (Å²) in [6.07, 6.45) is 0. The van der Waals surface area contributed by atoms with E-state index >= 15 is 0 Å². The molecule has 1 heterocycles. The Morgan fingerprint density at radius 1 is 1.05 bits per heavy atom. The van der Waals surface area contributed by atoms with Crippen molar-refractivity contribution in [2.75, 3.05) is 0 Å². The third kappa shape index (κ3) is 3.10. The van der Waals surface area contributed by atoms with Crippen LogP contribution in [0.4, 0.5) is 0 Å². The van der Waals surface area contributed by atoms with Gasteiger partial charge in [0.15, 0.2) is 0 Å². The van der Waals surface area contributed by atoms with Gasteiger partial charge in [-0.15, -0.1) is 0 Å². The van der Waals surface area contributed by atoms with Crippen LogP contribution in [-0.2, 0) is 5.41 Å². The van der Waals surface area contributed by atoms with Crippen molar-refractivity contribution in [3.63, 3.8) is 0 Å². The molecule has 0 radical (unpaired) electrons. The van der Waals surface area contributed by atoms with Crippen molar-refractivity contribution in [3.8, 4) is 11.3 Å². The number of benzene rings is 1. The fourth-order valence-corrected chi connectivity index (χ4v) is 2.09. The molecular weight excluding hydrogens is 252 g/mol. The lowest BCUT2D eigenvalue weighted by Crippen LogP contribution is -2.16. The van der Waals surface area contributed by atoms with E-state index in [4.69, 9.17) is 12.2 Å². The predicted molar refractivity (Wildman–Crippen MR) is 83.0 cm³/mol. The van der Waals surface area contributed by atoms with Crippen LogP contribution in [0, 0.1) is 18.5 Å². The van der Waals surface area contributed by atoms with E-state index in [-0.39, 0.29) is 5.41 Å². The Balaban J connectivity index is 2.59. The molecule has 0 atom stereocenters. The average Bonchev–Trinajstić information content (AvgIpc) is 2.31. The van der Waals surface area contributed by atoms with Gasteiger partial charge in [0.05, 0.1) is 0 Å². The third-order valence-electron chi connectivity index (χ3n) is 3.27. The minimum absolute atomic E-state index is 0.0384. The van der Waals surface area contributed by atoms with Crippen molar-refractivity contribution in [1.29, 1.82) is 0 Å². The minimum atomic E-state index is -0.0384. The molecule has 100 valence electrons. The summed E-state index contributed by atoms with van der Waals surface area (Å²) in [6.45, 7) is 10.6. The smallest absolute Gasteiger partial charge is 0.130 e. The van der Waals surface area contributed by atoms with Crippen LogP contribution in [-0.4, -0.2) is 9.97 Å². The summed E-state index contributed by atoms with van der Waals surface area (Å²) in [7, 11) is 0. The van der Waals surface area contributed by atoms with Gasteiger partial charge in [-0.25, -0.2) is 4.98 Å². The van der Waals surface area contributed by atoms with Gasteiger partial charge in [0.1, 0.15) is 10.5 Å². The van der Waals surface area contributed by atoms with Crippen molar-refractivity contribution in [2.24, 2.45) is 0 Å². The van der Waals surface area contributed by atoms with Gasteiger partial charge in [-0.05, 0) is 42.7 Å². The van der Waals surface area contributed by atoms with E-state index in [0.29, 0.717) is 4.64 Å². The molecule has 2 nitrogen and oxygen atoms in total. The van der Waals surface area contributed by atoms with E-state index in [1.54, 1.807) is 0 Å². The first-order valence-corrected chi connectivity index (χ1v) is 6.87. The molecule has 0 spiro atoms. The molecule has 0 aliphatic heterocycles. The lowest BCUT2D eigenvalue weighted by Gasteiger charge is -2.18. The number of H-pyrrole nitrogens is 1. The average molecular weight is 272 g/mol. The normalized spacial score (nSPS) is 11.6. The lowest BCUT2D eigenvalue weighted by atomic mass is 9.95. The standard InChI is InChI=1S/C16H20N2S/c1-10-6-7-12(8-11(10)2)13-9-14(19)18-15(17-13)16(3,4)5/h6-9H,1-5H3,(H,17,18,19). The zero-order valence-corrected chi connectivity index (χ0v) is 13.0. The SMILES string of the molecule is Cc1ccc(-c2cc(=S)nc(C(C)(C)C)[nH]2)cc1C. The number of hydrogen-bond acceptors (Lipinski definition) is 2. The Bertz CT molecular complexity index is 663. The van der Waals surface area contributed by atoms with E-state index in [0.717, 1.165) is 17.1 Å². The predicted octanol–water partition coefficient (Wildman–Crippen LogP) is 4.72. The molecular formula is C16H20N2S. The van der Waals surface area contributed by atoms with Crippen molar-refractivity contribution in [1.82, 2.24) is 9.97 Å². The Morgan fingerprint density at radius 3 is 2.32 bits per heavy atom. The largest absolute Gasteiger partial charge is 0.343 e. The molecule has 3 heteroatoms. The summed E-state index contributed by atoms with van der Waals surface area (Å²) in [4.78, 5) is 7.84.